The number of nitrogens with one attached hydrogen (secondary N) is 3. The van der Waals surface area contributed by atoms with Crippen molar-refractivity contribution in [2.24, 2.45) is 10.4 Å². The largest absolute Gasteiger partial charge is 0.356 e. The predicted octanol–water partition coefficient (Wildman–Crippen LogP) is 2.65. The van der Waals surface area contributed by atoms with Crippen molar-refractivity contribution in [3.8, 4) is 0 Å². The highest BCUT2D eigenvalue weighted by molar-refractivity contribution is 14.0. The Morgan fingerprint density at radius 1 is 1.18 bits per heavy atom. The Hall–Kier alpha value is -0.530. The van der Waals surface area contributed by atoms with Crippen molar-refractivity contribution in [3.05, 3.63) is 0 Å². The molecule has 0 heterocycles. The van der Waals surface area contributed by atoms with Gasteiger partial charge < -0.3 is 16.0 Å². The van der Waals surface area contributed by atoms with Crippen LogP contribution in [-0.4, -0.2) is 37.5 Å². The molecule has 6 heteroatoms. The molecule has 0 aromatic heterocycles. The van der Waals surface area contributed by atoms with Crippen LogP contribution < -0.4 is 16.0 Å². The first-order valence-electron chi connectivity index (χ1n) is 8.06. The van der Waals surface area contributed by atoms with Crippen molar-refractivity contribution >= 4 is 35.8 Å². The van der Waals surface area contributed by atoms with Gasteiger partial charge in [0.15, 0.2) is 5.96 Å². The standard InChI is InChI=1S/C16H32N4O.HI/c1-6-16(9-7-8-10-16)12-19-14(17-5)18-11-13(21)20-15(2,3)4;/h6-12H2,1-5H3,(H,20,21)(H2,17,18,19);1H. The van der Waals surface area contributed by atoms with Gasteiger partial charge in [-0.1, -0.05) is 19.8 Å². The van der Waals surface area contributed by atoms with Gasteiger partial charge in [0.05, 0.1) is 6.54 Å². The van der Waals surface area contributed by atoms with E-state index >= 15 is 0 Å². The zero-order valence-corrected chi connectivity index (χ0v) is 17.0. The maximum atomic E-state index is 11.8. The van der Waals surface area contributed by atoms with E-state index in [0.717, 1.165) is 6.54 Å². The smallest absolute Gasteiger partial charge is 0.239 e. The molecule has 1 saturated carbocycles. The third kappa shape index (κ3) is 7.65. The monoisotopic (exact) mass is 424 g/mol. The lowest BCUT2D eigenvalue weighted by molar-refractivity contribution is -0.121. The van der Waals surface area contributed by atoms with Crippen molar-refractivity contribution in [1.82, 2.24) is 16.0 Å². The molecule has 3 N–H and O–H groups in total. The van der Waals surface area contributed by atoms with Crippen LogP contribution in [0.2, 0.25) is 0 Å². The second-order valence-electron chi connectivity index (χ2n) is 7.14. The Morgan fingerprint density at radius 2 is 1.77 bits per heavy atom. The maximum Gasteiger partial charge on any atom is 0.239 e. The first-order chi connectivity index (χ1) is 9.80. The summed E-state index contributed by atoms with van der Waals surface area (Å²) in [6.45, 7) is 9.37. The molecule has 0 saturated heterocycles. The van der Waals surface area contributed by atoms with Gasteiger partial charge in [0, 0.05) is 19.1 Å². The maximum absolute atomic E-state index is 11.8. The van der Waals surface area contributed by atoms with E-state index in [1.54, 1.807) is 7.05 Å². The minimum atomic E-state index is -0.203. The van der Waals surface area contributed by atoms with Crippen LogP contribution in [0.15, 0.2) is 4.99 Å². The first-order valence-corrected chi connectivity index (χ1v) is 8.06. The molecule has 0 spiro atoms. The quantitative estimate of drug-likeness (QED) is 0.361. The Bertz CT molecular complexity index is 371. The second-order valence-corrected chi connectivity index (χ2v) is 7.14. The van der Waals surface area contributed by atoms with Gasteiger partial charge in [-0.3, -0.25) is 9.79 Å². The van der Waals surface area contributed by atoms with Gasteiger partial charge in [-0.2, -0.15) is 0 Å². The number of carbonyl (C=O) groups is 1. The van der Waals surface area contributed by atoms with Gasteiger partial charge in [-0.25, -0.2) is 0 Å². The van der Waals surface area contributed by atoms with Gasteiger partial charge in [-0.05, 0) is 45.4 Å². The fourth-order valence-electron chi connectivity index (χ4n) is 2.90. The Labute approximate surface area is 152 Å². The molecule has 1 aliphatic carbocycles. The molecule has 1 rings (SSSR count). The molecule has 0 aromatic rings. The van der Waals surface area contributed by atoms with Crippen LogP contribution in [0.25, 0.3) is 0 Å². The number of nitrogens with zero attached hydrogens (tertiary/aromatic N) is 1. The summed E-state index contributed by atoms with van der Waals surface area (Å²) >= 11 is 0. The highest BCUT2D eigenvalue weighted by Crippen LogP contribution is 2.40. The highest BCUT2D eigenvalue weighted by atomic mass is 127. The van der Waals surface area contributed by atoms with E-state index in [1.807, 2.05) is 20.8 Å². The van der Waals surface area contributed by atoms with E-state index < -0.39 is 0 Å². The summed E-state index contributed by atoms with van der Waals surface area (Å²) in [4.78, 5) is 16.0. The van der Waals surface area contributed by atoms with Gasteiger partial charge in [0.25, 0.3) is 0 Å². The lowest BCUT2D eigenvalue weighted by Crippen LogP contribution is -2.49. The number of hydrogen-bond acceptors (Lipinski definition) is 2. The van der Waals surface area contributed by atoms with Crippen LogP contribution in [-0.2, 0) is 4.79 Å². The summed E-state index contributed by atoms with van der Waals surface area (Å²) in [5.41, 5.74) is 0.205. The minimum Gasteiger partial charge on any atom is -0.356 e. The minimum absolute atomic E-state index is 0. The van der Waals surface area contributed by atoms with Crippen molar-refractivity contribution < 1.29 is 4.79 Å². The SMILES string of the molecule is CCC1(CNC(=NC)NCC(=O)NC(C)(C)C)CCCC1.I. The third-order valence-electron chi connectivity index (χ3n) is 4.20. The second kappa shape index (κ2) is 9.57. The van der Waals surface area contributed by atoms with Gasteiger partial charge in [0.2, 0.25) is 5.91 Å². The molecule has 1 amide bonds. The van der Waals surface area contributed by atoms with Crippen molar-refractivity contribution in [2.75, 3.05) is 20.1 Å². The van der Waals surface area contributed by atoms with Gasteiger partial charge >= 0.3 is 0 Å². The van der Waals surface area contributed by atoms with Crippen LogP contribution in [0.4, 0.5) is 0 Å². The van der Waals surface area contributed by atoms with Gasteiger partial charge in [-0.15, -0.1) is 24.0 Å². The summed E-state index contributed by atoms with van der Waals surface area (Å²) in [6.07, 6.45) is 6.43. The fourth-order valence-corrected chi connectivity index (χ4v) is 2.90. The summed E-state index contributed by atoms with van der Waals surface area (Å²) in [5, 5.41) is 9.39. The van der Waals surface area contributed by atoms with Crippen LogP contribution in [0.5, 0.6) is 0 Å². The highest BCUT2D eigenvalue weighted by Gasteiger charge is 2.31. The zero-order valence-electron chi connectivity index (χ0n) is 14.7. The molecule has 0 atom stereocenters. The lowest BCUT2D eigenvalue weighted by Gasteiger charge is -2.28. The van der Waals surface area contributed by atoms with Crippen LogP contribution in [0.1, 0.15) is 59.8 Å². The van der Waals surface area contributed by atoms with E-state index in [4.69, 9.17) is 0 Å². The molecule has 0 bridgehead atoms. The zero-order chi connectivity index (χ0) is 15.9. The predicted molar refractivity (Wildman–Crippen MR) is 104 cm³/mol. The molecule has 1 fully saturated rings. The summed E-state index contributed by atoms with van der Waals surface area (Å²) in [5.74, 6) is 0.690. The Kier molecular flexibility index (Phi) is 9.34. The van der Waals surface area contributed by atoms with E-state index in [-0.39, 0.29) is 42.0 Å². The van der Waals surface area contributed by atoms with E-state index in [1.165, 1.54) is 32.1 Å². The van der Waals surface area contributed by atoms with Crippen LogP contribution >= 0.6 is 24.0 Å². The fraction of sp³-hybridized carbons (Fsp3) is 0.875. The molecule has 5 nitrogen and oxygen atoms in total. The average molecular weight is 424 g/mol. The molecule has 1 aliphatic rings. The number of aliphatic imine (C=N–C) groups is 1. The summed E-state index contributed by atoms with van der Waals surface area (Å²) < 4.78 is 0. The number of guanidine groups is 1. The molecular weight excluding hydrogens is 391 g/mol. The number of hydrogen-bond donors (Lipinski definition) is 3. The van der Waals surface area contributed by atoms with Crippen LogP contribution in [0, 0.1) is 5.41 Å². The van der Waals surface area contributed by atoms with Gasteiger partial charge in [0.1, 0.15) is 0 Å². The molecular formula is C16H33IN4O. The average Bonchev–Trinajstić information content (AvgIpc) is 2.86. The number of carbonyl (C=O) groups excluding carboxylic acids is 1. The third-order valence-corrected chi connectivity index (χ3v) is 4.20. The molecule has 0 unspecified atom stereocenters. The number of halogens is 1. The number of rotatable bonds is 5. The summed E-state index contributed by atoms with van der Waals surface area (Å²) in [6, 6.07) is 0. The molecule has 0 aromatic carbocycles. The summed E-state index contributed by atoms with van der Waals surface area (Å²) in [7, 11) is 1.74. The van der Waals surface area contributed by atoms with Crippen LogP contribution in [0.3, 0.4) is 0 Å². The van der Waals surface area contributed by atoms with Crippen molar-refractivity contribution in [1.29, 1.82) is 0 Å². The first kappa shape index (κ1) is 21.5. The normalized spacial score (nSPS) is 17.6. The Morgan fingerprint density at radius 3 is 2.23 bits per heavy atom. The molecule has 130 valence electrons. The molecule has 22 heavy (non-hydrogen) atoms. The molecule has 0 radical (unpaired) electrons. The topological polar surface area (TPSA) is 65.5 Å². The van der Waals surface area contributed by atoms with E-state index in [0.29, 0.717) is 11.4 Å². The number of amides is 1. The molecule has 0 aliphatic heterocycles. The Balaban J connectivity index is 0.00000441. The van der Waals surface area contributed by atoms with Crippen molar-refractivity contribution in [3.63, 3.8) is 0 Å². The van der Waals surface area contributed by atoms with Crippen molar-refractivity contribution in [2.45, 2.75) is 65.3 Å². The lowest BCUT2D eigenvalue weighted by atomic mass is 9.83. The van der Waals surface area contributed by atoms with E-state index in [2.05, 4.69) is 27.9 Å². The van der Waals surface area contributed by atoms with E-state index in [9.17, 15) is 4.79 Å².